The Morgan fingerprint density at radius 3 is 1.80 bits per heavy atom. The smallest absolute Gasteiger partial charge is 0.375 e. The normalized spacial score (nSPS) is 10.6. The van der Waals surface area contributed by atoms with E-state index >= 15 is 0 Å². The van der Waals surface area contributed by atoms with Gasteiger partial charge < -0.3 is 14.0 Å². The van der Waals surface area contributed by atoms with Crippen LogP contribution in [0.25, 0.3) is 11.3 Å². The molecule has 1 aromatic heterocycles. The molecule has 8 heteroatoms. The minimum absolute atomic E-state index is 0.128. The predicted molar refractivity (Wildman–Crippen MR) is 152 cm³/mol. The molecule has 0 unspecified atom stereocenters. The zero-order valence-corrected chi connectivity index (χ0v) is 24.2. The van der Waals surface area contributed by atoms with Crippen molar-refractivity contribution >= 4 is 23.5 Å². The van der Waals surface area contributed by atoms with Crippen LogP contribution in [0.15, 0.2) is 59.1 Å². The van der Waals surface area contributed by atoms with E-state index in [-0.39, 0.29) is 18.1 Å². The third-order valence-electron chi connectivity index (χ3n) is 5.62. The summed E-state index contributed by atoms with van der Waals surface area (Å²) in [6, 6.07) is 16.8. The van der Waals surface area contributed by atoms with Crippen LogP contribution in [-0.2, 0) is 31.9 Å². The van der Waals surface area contributed by atoms with Crippen LogP contribution in [0.2, 0.25) is 0 Å². The second kappa shape index (κ2) is 16.1. The molecule has 40 heavy (non-hydrogen) atoms. The standard InChI is InChI=1S/C16H19NO3.C16H20O4/c1-4-19-16(18)14-10-15(20-17-14)13-7-5-12(6-8-13)9-11(2)3;1-4-20-16(19)15(18)10-14(17)13-7-5-12(6-8-13)9-11(2)3/h5-8,10-11H,4,9H2,1-3H3;5-8,11H,4,9-10H2,1-3H3. The molecule has 0 N–H and O–H groups in total. The van der Waals surface area contributed by atoms with Crippen molar-refractivity contribution in [2.75, 3.05) is 13.2 Å². The molecule has 3 aromatic rings. The van der Waals surface area contributed by atoms with Gasteiger partial charge in [-0.15, -0.1) is 0 Å². The van der Waals surface area contributed by atoms with E-state index in [1.54, 1.807) is 32.0 Å². The van der Waals surface area contributed by atoms with Crippen molar-refractivity contribution in [1.82, 2.24) is 5.16 Å². The van der Waals surface area contributed by atoms with Crippen LogP contribution in [0.5, 0.6) is 0 Å². The first-order valence-electron chi connectivity index (χ1n) is 13.6. The van der Waals surface area contributed by atoms with E-state index in [9.17, 15) is 19.2 Å². The molecule has 0 aliphatic rings. The first-order chi connectivity index (χ1) is 19.0. The lowest BCUT2D eigenvalue weighted by atomic mass is 9.99. The summed E-state index contributed by atoms with van der Waals surface area (Å²) in [5, 5.41) is 3.73. The third-order valence-corrected chi connectivity index (χ3v) is 5.62. The second-order valence-corrected chi connectivity index (χ2v) is 10.1. The number of carbonyl (C=O) groups is 4. The van der Waals surface area contributed by atoms with Crippen molar-refractivity contribution < 1.29 is 33.2 Å². The number of esters is 2. The first-order valence-corrected chi connectivity index (χ1v) is 13.6. The number of ether oxygens (including phenoxy) is 2. The molecule has 0 aliphatic carbocycles. The van der Waals surface area contributed by atoms with Gasteiger partial charge in [0.05, 0.1) is 19.6 Å². The monoisotopic (exact) mass is 549 g/mol. The minimum atomic E-state index is -0.947. The minimum Gasteiger partial charge on any atom is -0.461 e. The van der Waals surface area contributed by atoms with Crippen molar-refractivity contribution in [3.05, 3.63) is 77.0 Å². The Bertz CT molecular complexity index is 1260. The number of carbonyl (C=O) groups excluding carboxylic acids is 4. The quantitative estimate of drug-likeness (QED) is 0.112. The lowest BCUT2D eigenvalue weighted by molar-refractivity contribution is -0.153. The van der Waals surface area contributed by atoms with Gasteiger partial charge in [0.25, 0.3) is 0 Å². The molecule has 214 valence electrons. The summed E-state index contributed by atoms with van der Waals surface area (Å²) in [5.74, 6) is -0.828. The van der Waals surface area contributed by atoms with Crippen LogP contribution in [0, 0.1) is 11.8 Å². The average Bonchev–Trinajstić information content (AvgIpc) is 3.40. The lowest BCUT2D eigenvalue weighted by Crippen LogP contribution is -2.20. The molecule has 0 saturated carbocycles. The Labute approximate surface area is 236 Å². The highest BCUT2D eigenvalue weighted by molar-refractivity contribution is 6.38. The summed E-state index contributed by atoms with van der Waals surface area (Å²) in [4.78, 5) is 46.0. The van der Waals surface area contributed by atoms with Gasteiger partial charge in [-0.05, 0) is 49.7 Å². The molecular weight excluding hydrogens is 510 g/mol. The SMILES string of the molecule is CCOC(=O)C(=O)CC(=O)c1ccc(CC(C)C)cc1.CCOC(=O)c1cc(-c2ccc(CC(C)C)cc2)on1. The van der Waals surface area contributed by atoms with E-state index in [0.29, 0.717) is 29.8 Å². The average molecular weight is 550 g/mol. The summed E-state index contributed by atoms with van der Waals surface area (Å²) in [6.07, 6.45) is 1.54. The Balaban J connectivity index is 0.000000280. The maximum absolute atomic E-state index is 11.9. The molecule has 8 nitrogen and oxygen atoms in total. The van der Waals surface area contributed by atoms with Gasteiger partial charge in [0.2, 0.25) is 5.78 Å². The number of rotatable bonds is 12. The van der Waals surface area contributed by atoms with Gasteiger partial charge in [-0.25, -0.2) is 9.59 Å². The predicted octanol–water partition coefficient (Wildman–Crippen LogP) is 6.31. The molecule has 0 fully saturated rings. The number of ketones is 2. The van der Waals surface area contributed by atoms with Crippen LogP contribution in [0.1, 0.15) is 79.9 Å². The summed E-state index contributed by atoms with van der Waals surface area (Å²) in [5.41, 5.74) is 3.98. The van der Waals surface area contributed by atoms with E-state index in [2.05, 4.69) is 49.7 Å². The molecule has 0 saturated heterocycles. The molecule has 2 aromatic carbocycles. The molecule has 0 spiro atoms. The van der Waals surface area contributed by atoms with Crippen molar-refractivity contribution in [2.45, 2.75) is 60.8 Å². The molecule has 0 radical (unpaired) electrons. The highest BCUT2D eigenvalue weighted by Gasteiger charge is 2.20. The van der Waals surface area contributed by atoms with Gasteiger partial charge in [0.15, 0.2) is 17.2 Å². The number of aromatic nitrogens is 1. The van der Waals surface area contributed by atoms with E-state index in [4.69, 9.17) is 9.26 Å². The zero-order chi connectivity index (χ0) is 29.7. The third kappa shape index (κ3) is 10.6. The first kappa shape index (κ1) is 32.1. The molecule has 0 aliphatic heterocycles. The maximum atomic E-state index is 11.9. The van der Waals surface area contributed by atoms with Gasteiger partial charge >= 0.3 is 11.9 Å². The molecule has 3 rings (SSSR count). The van der Waals surface area contributed by atoms with Gasteiger partial charge in [-0.2, -0.15) is 0 Å². The van der Waals surface area contributed by atoms with Crippen LogP contribution in [-0.4, -0.2) is 41.9 Å². The molecule has 0 atom stereocenters. The number of nitrogens with zero attached hydrogens (tertiary/aromatic N) is 1. The molecule has 1 heterocycles. The van der Waals surface area contributed by atoms with Gasteiger partial charge in [0, 0.05) is 17.2 Å². The topological polar surface area (TPSA) is 113 Å². The lowest BCUT2D eigenvalue weighted by Gasteiger charge is -2.06. The van der Waals surface area contributed by atoms with E-state index in [1.807, 2.05) is 24.3 Å². The van der Waals surface area contributed by atoms with E-state index in [1.165, 1.54) is 5.56 Å². The fourth-order valence-corrected chi connectivity index (χ4v) is 3.82. The van der Waals surface area contributed by atoms with E-state index in [0.717, 1.165) is 24.0 Å². The fraction of sp³-hybridized carbons (Fsp3) is 0.406. The summed E-state index contributed by atoms with van der Waals surface area (Å²) < 4.78 is 14.6. The van der Waals surface area contributed by atoms with Crippen LogP contribution >= 0.6 is 0 Å². The van der Waals surface area contributed by atoms with Gasteiger partial charge in [-0.1, -0.05) is 81.4 Å². The van der Waals surface area contributed by atoms with Crippen molar-refractivity contribution in [3.63, 3.8) is 0 Å². The van der Waals surface area contributed by atoms with Gasteiger partial charge in [-0.3, -0.25) is 9.59 Å². The maximum Gasteiger partial charge on any atom is 0.375 e. The Kier molecular flexibility index (Phi) is 13.0. The highest BCUT2D eigenvalue weighted by Crippen LogP contribution is 2.22. The Hall–Kier alpha value is -4.07. The summed E-state index contributed by atoms with van der Waals surface area (Å²) >= 11 is 0. The molecular formula is C32H39NO7. The fourth-order valence-electron chi connectivity index (χ4n) is 3.82. The summed E-state index contributed by atoms with van der Waals surface area (Å²) in [7, 11) is 0. The van der Waals surface area contributed by atoms with E-state index < -0.39 is 24.1 Å². The van der Waals surface area contributed by atoms with Crippen LogP contribution in [0.4, 0.5) is 0 Å². The number of Topliss-reactive ketones (excluding diaryl/α,β-unsaturated/α-hetero) is 2. The Morgan fingerprint density at radius 2 is 1.30 bits per heavy atom. The van der Waals surface area contributed by atoms with Crippen LogP contribution < -0.4 is 0 Å². The molecule has 0 bridgehead atoms. The second-order valence-electron chi connectivity index (χ2n) is 10.1. The van der Waals surface area contributed by atoms with Crippen molar-refractivity contribution in [1.29, 1.82) is 0 Å². The van der Waals surface area contributed by atoms with Crippen molar-refractivity contribution in [3.8, 4) is 11.3 Å². The Morgan fingerprint density at radius 1 is 0.775 bits per heavy atom. The van der Waals surface area contributed by atoms with Crippen LogP contribution in [0.3, 0.4) is 0 Å². The largest absolute Gasteiger partial charge is 0.461 e. The highest BCUT2D eigenvalue weighted by atomic mass is 16.5. The zero-order valence-electron chi connectivity index (χ0n) is 24.2. The summed E-state index contributed by atoms with van der Waals surface area (Å²) in [6.45, 7) is 12.4. The molecule has 0 amide bonds. The number of hydrogen-bond acceptors (Lipinski definition) is 8. The number of hydrogen-bond donors (Lipinski definition) is 0. The number of benzene rings is 2. The van der Waals surface area contributed by atoms with Gasteiger partial charge in [0.1, 0.15) is 0 Å². The van der Waals surface area contributed by atoms with Crippen molar-refractivity contribution in [2.24, 2.45) is 11.8 Å².